The van der Waals surface area contributed by atoms with Gasteiger partial charge in [-0.05, 0) is 12.5 Å². The molecule has 1 aromatic carbocycles. The van der Waals surface area contributed by atoms with Crippen LogP contribution in [0, 0.1) is 11.3 Å². The van der Waals surface area contributed by atoms with Crippen molar-refractivity contribution in [1.29, 1.82) is 5.26 Å². The Balaban J connectivity index is 3.04. The summed E-state index contributed by atoms with van der Waals surface area (Å²) in [5.41, 5.74) is 6.80. The summed E-state index contributed by atoms with van der Waals surface area (Å²) in [4.78, 5) is 0. The van der Waals surface area contributed by atoms with Crippen molar-refractivity contribution in [3.05, 3.63) is 29.3 Å². The number of phenols is 1. The molecule has 0 amide bonds. The summed E-state index contributed by atoms with van der Waals surface area (Å²) in [6, 6.07) is 6.82. The first-order chi connectivity index (χ1) is 6.70. The maximum atomic E-state index is 9.68. The number of benzene rings is 1. The van der Waals surface area contributed by atoms with Crippen LogP contribution in [0.2, 0.25) is 0 Å². The number of rotatable bonds is 3. The van der Waals surface area contributed by atoms with Gasteiger partial charge < -0.3 is 10.8 Å². The van der Waals surface area contributed by atoms with Gasteiger partial charge in [0, 0.05) is 11.6 Å². The Hall–Kier alpha value is -1.53. The van der Waals surface area contributed by atoms with Gasteiger partial charge in [0.1, 0.15) is 11.8 Å². The van der Waals surface area contributed by atoms with E-state index in [9.17, 15) is 5.11 Å². The van der Waals surface area contributed by atoms with Crippen molar-refractivity contribution >= 4 is 0 Å². The van der Waals surface area contributed by atoms with Gasteiger partial charge in [0.05, 0.1) is 5.56 Å². The van der Waals surface area contributed by atoms with Crippen LogP contribution in [0.5, 0.6) is 5.75 Å². The van der Waals surface area contributed by atoms with Gasteiger partial charge in [0.25, 0.3) is 0 Å². The van der Waals surface area contributed by atoms with Gasteiger partial charge in [-0.1, -0.05) is 25.5 Å². The molecule has 1 aromatic rings. The molecule has 0 unspecified atom stereocenters. The largest absolute Gasteiger partial charge is 0.506 e. The van der Waals surface area contributed by atoms with E-state index in [2.05, 4.69) is 0 Å². The predicted molar refractivity (Wildman–Crippen MR) is 54.7 cm³/mol. The minimum absolute atomic E-state index is 0.0240. The zero-order valence-corrected chi connectivity index (χ0v) is 8.20. The second kappa shape index (κ2) is 4.64. The molecule has 0 aliphatic heterocycles. The van der Waals surface area contributed by atoms with E-state index >= 15 is 0 Å². The zero-order valence-electron chi connectivity index (χ0n) is 8.20. The molecule has 0 aromatic heterocycles. The van der Waals surface area contributed by atoms with E-state index < -0.39 is 0 Å². The van der Waals surface area contributed by atoms with E-state index in [1.807, 2.05) is 13.0 Å². The highest BCUT2D eigenvalue weighted by Gasteiger charge is 2.12. The monoisotopic (exact) mass is 190 g/mol. The summed E-state index contributed by atoms with van der Waals surface area (Å²) in [5, 5.41) is 18.4. The lowest BCUT2D eigenvalue weighted by Gasteiger charge is -2.12. The molecule has 0 saturated carbocycles. The van der Waals surface area contributed by atoms with Crippen LogP contribution in [0.3, 0.4) is 0 Å². The number of hydrogen-bond acceptors (Lipinski definition) is 3. The summed E-state index contributed by atoms with van der Waals surface area (Å²) < 4.78 is 0. The van der Waals surface area contributed by atoms with Crippen molar-refractivity contribution < 1.29 is 5.11 Å². The number of para-hydroxylation sites is 1. The van der Waals surface area contributed by atoms with Gasteiger partial charge in [0.15, 0.2) is 0 Å². The lowest BCUT2D eigenvalue weighted by molar-refractivity contribution is 0.456. The molecule has 0 aliphatic carbocycles. The molecule has 0 aliphatic rings. The van der Waals surface area contributed by atoms with Crippen LogP contribution in [-0.4, -0.2) is 5.11 Å². The van der Waals surface area contributed by atoms with Crippen LogP contribution in [0.1, 0.15) is 36.9 Å². The van der Waals surface area contributed by atoms with Crippen LogP contribution >= 0.6 is 0 Å². The number of nitrogens with zero attached hydrogens (tertiary/aromatic N) is 1. The Morgan fingerprint density at radius 2 is 2.29 bits per heavy atom. The zero-order chi connectivity index (χ0) is 10.6. The van der Waals surface area contributed by atoms with Gasteiger partial charge in [0.2, 0.25) is 0 Å². The first-order valence-corrected chi connectivity index (χ1v) is 4.68. The molecule has 0 saturated heterocycles. The summed E-state index contributed by atoms with van der Waals surface area (Å²) in [5.74, 6) is 0.0240. The average Bonchev–Trinajstić information content (AvgIpc) is 2.18. The molecule has 1 atom stereocenters. The van der Waals surface area contributed by atoms with Crippen molar-refractivity contribution in [3.63, 3.8) is 0 Å². The second-order valence-electron chi connectivity index (χ2n) is 3.25. The minimum Gasteiger partial charge on any atom is -0.506 e. The number of phenolic OH excluding ortho intramolecular Hbond substituents is 1. The Morgan fingerprint density at radius 3 is 2.86 bits per heavy atom. The molecular weight excluding hydrogens is 176 g/mol. The van der Waals surface area contributed by atoms with Gasteiger partial charge in [-0.15, -0.1) is 0 Å². The molecule has 74 valence electrons. The molecule has 3 N–H and O–H groups in total. The Bertz CT molecular complexity index is 355. The van der Waals surface area contributed by atoms with Crippen LogP contribution in [0.15, 0.2) is 18.2 Å². The smallest absolute Gasteiger partial charge is 0.138 e. The quantitative estimate of drug-likeness (QED) is 0.766. The van der Waals surface area contributed by atoms with Gasteiger partial charge >= 0.3 is 0 Å². The third-order valence-corrected chi connectivity index (χ3v) is 2.19. The molecule has 3 nitrogen and oxygen atoms in total. The normalized spacial score (nSPS) is 12.1. The number of aromatic hydroxyl groups is 1. The fourth-order valence-corrected chi connectivity index (χ4v) is 1.42. The van der Waals surface area contributed by atoms with Crippen molar-refractivity contribution in [1.82, 2.24) is 0 Å². The molecule has 0 fully saturated rings. The first kappa shape index (κ1) is 10.6. The summed E-state index contributed by atoms with van der Waals surface area (Å²) >= 11 is 0. The molecule has 1 rings (SSSR count). The highest BCUT2D eigenvalue weighted by Crippen LogP contribution is 2.28. The summed E-state index contributed by atoms with van der Waals surface area (Å²) in [7, 11) is 0. The summed E-state index contributed by atoms with van der Waals surface area (Å²) in [6.45, 7) is 2.03. The van der Waals surface area contributed by atoms with E-state index in [4.69, 9.17) is 11.0 Å². The predicted octanol–water partition coefficient (Wildman–Crippen LogP) is 2.06. The standard InChI is InChI=1S/C11H14N2O/c1-2-4-10(13)9-6-3-5-8(7-12)11(9)14/h3,5-6,10,14H,2,4,13H2,1H3/t10-/m0/s1. The van der Waals surface area contributed by atoms with E-state index in [1.165, 1.54) is 0 Å². The topological polar surface area (TPSA) is 70.0 Å². The van der Waals surface area contributed by atoms with Gasteiger partial charge in [-0.2, -0.15) is 5.26 Å². The third-order valence-electron chi connectivity index (χ3n) is 2.19. The molecule has 0 heterocycles. The van der Waals surface area contributed by atoms with Crippen LogP contribution in [0.25, 0.3) is 0 Å². The van der Waals surface area contributed by atoms with E-state index in [-0.39, 0.29) is 17.4 Å². The van der Waals surface area contributed by atoms with Crippen LogP contribution < -0.4 is 5.73 Å². The Morgan fingerprint density at radius 1 is 1.57 bits per heavy atom. The van der Waals surface area contributed by atoms with E-state index in [0.717, 1.165) is 12.8 Å². The third kappa shape index (κ3) is 2.04. The fourth-order valence-electron chi connectivity index (χ4n) is 1.42. The summed E-state index contributed by atoms with van der Waals surface area (Å²) in [6.07, 6.45) is 1.76. The van der Waals surface area contributed by atoms with Crippen molar-refractivity contribution in [3.8, 4) is 11.8 Å². The maximum absolute atomic E-state index is 9.68. The van der Waals surface area contributed by atoms with Crippen LogP contribution in [-0.2, 0) is 0 Å². The minimum atomic E-state index is -0.187. The highest BCUT2D eigenvalue weighted by molar-refractivity contribution is 5.48. The fraction of sp³-hybridized carbons (Fsp3) is 0.364. The number of nitrogens with two attached hydrogens (primary N) is 1. The second-order valence-corrected chi connectivity index (χ2v) is 3.25. The lowest BCUT2D eigenvalue weighted by atomic mass is 10.00. The molecule has 3 heteroatoms. The van der Waals surface area contributed by atoms with Gasteiger partial charge in [-0.3, -0.25) is 0 Å². The molecular formula is C11H14N2O. The first-order valence-electron chi connectivity index (χ1n) is 4.68. The Labute approximate surface area is 83.8 Å². The van der Waals surface area contributed by atoms with Crippen molar-refractivity contribution in [2.75, 3.05) is 0 Å². The Kier molecular flexibility index (Phi) is 3.49. The average molecular weight is 190 g/mol. The molecule has 0 spiro atoms. The molecule has 0 bridgehead atoms. The highest BCUT2D eigenvalue weighted by atomic mass is 16.3. The maximum Gasteiger partial charge on any atom is 0.138 e. The van der Waals surface area contributed by atoms with Gasteiger partial charge in [-0.25, -0.2) is 0 Å². The molecule has 14 heavy (non-hydrogen) atoms. The molecule has 0 radical (unpaired) electrons. The SMILES string of the molecule is CCC[C@H](N)c1cccc(C#N)c1O. The van der Waals surface area contributed by atoms with Crippen LogP contribution in [0.4, 0.5) is 0 Å². The van der Waals surface area contributed by atoms with E-state index in [1.54, 1.807) is 18.2 Å². The lowest BCUT2D eigenvalue weighted by Crippen LogP contribution is -2.10. The van der Waals surface area contributed by atoms with Crippen molar-refractivity contribution in [2.45, 2.75) is 25.8 Å². The number of hydrogen-bond donors (Lipinski definition) is 2. The van der Waals surface area contributed by atoms with Crippen molar-refractivity contribution in [2.24, 2.45) is 5.73 Å². The number of nitriles is 1. The van der Waals surface area contributed by atoms with E-state index in [0.29, 0.717) is 5.56 Å².